The molecule has 0 aliphatic carbocycles. The van der Waals surface area contributed by atoms with E-state index in [1.165, 1.54) is 11.8 Å². The number of benzene rings is 2. The molecule has 5 heteroatoms. The highest BCUT2D eigenvalue weighted by Crippen LogP contribution is 2.55. The molecular formula is C19H18N2O2S. The van der Waals surface area contributed by atoms with Crippen molar-refractivity contribution in [1.29, 1.82) is 0 Å². The Morgan fingerprint density at radius 3 is 2.58 bits per heavy atom. The molecule has 2 atom stereocenters. The lowest BCUT2D eigenvalue weighted by molar-refractivity contribution is -0.122. The van der Waals surface area contributed by atoms with Crippen molar-refractivity contribution in [2.75, 3.05) is 10.2 Å². The monoisotopic (exact) mass is 338 g/mol. The van der Waals surface area contributed by atoms with Crippen molar-refractivity contribution in [1.82, 2.24) is 0 Å². The third-order valence-corrected chi connectivity index (χ3v) is 6.31. The summed E-state index contributed by atoms with van der Waals surface area (Å²) in [5.41, 5.74) is 4.68. The molecule has 1 saturated heterocycles. The highest BCUT2D eigenvalue weighted by Gasteiger charge is 2.60. The van der Waals surface area contributed by atoms with Crippen molar-refractivity contribution < 1.29 is 9.59 Å². The molecule has 4 rings (SSSR count). The van der Waals surface area contributed by atoms with Gasteiger partial charge < -0.3 is 5.32 Å². The van der Waals surface area contributed by atoms with Gasteiger partial charge in [-0.05, 0) is 50.1 Å². The van der Waals surface area contributed by atoms with E-state index >= 15 is 0 Å². The van der Waals surface area contributed by atoms with Gasteiger partial charge in [-0.1, -0.05) is 24.3 Å². The molecule has 4 nitrogen and oxygen atoms in total. The van der Waals surface area contributed by atoms with Crippen molar-refractivity contribution in [2.24, 2.45) is 0 Å². The maximum Gasteiger partial charge on any atom is 0.266 e. The number of hydrogen-bond donors (Lipinski definition) is 1. The summed E-state index contributed by atoms with van der Waals surface area (Å²) in [4.78, 5) is 26.6. The number of rotatable bonds is 1. The summed E-state index contributed by atoms with van der Waals surface area (Å²) in [5.74, 6) is -0.181. The number of thioether (sulfide) groups is 1. The van der Waals surface area contributed by atoms with Gasteiger partial charge in [-0.2, -0.15) is 0 Å². The first-order valence-electron chi connectivity index (χ1n) is 7.95. The van der Waals surface area contributed by atoms with E-state index in [-0.39, 0.29) is 17.1 Å². The van der Waals surface area contributed by atoms with Gasteiger partial charge in [-0.25, -0.2) is 0 Å². The fraction of sp³-hybridized carbons (Fsp3) is 0.263. The SMILES string of the molecule is Cc1ccc(N2C(=O)[C@@H](C)S[C@@]23C(=O)Nc2ccccc23)cc1C. The molecule has 2 heterocycles. The Hall–Kier alpha value is -2.27. The first-order valence-corrected chi connectivity index (χ1v) is 8.83. The molecule has 2 aliphatic rings. The van der Waals surface area contributed by atoms with Crippen molar-refractivity contribution in [3.05, 3.63) is 59.2 Å². The van der Waals surface area contributed by atoms with Gasteiger partial charge in [0.15, 0.2) is 0 Å². The molecule has 1 N–H and O–H groups in total. The number of amides is 2. The molecule has 0 saturated carbocycles. The average molecular weight is 338 g/mol. The number of hydrogen-bond acceptors (Lipinski definition) is 3. The van der Waals surface area contributed by atoms with Gasteiger partial charge in [0, 0.05) is 16.9 Å². The minimum atomic E-state index is -1.02. The van der Waals surface area contributed by atoms with Crippen LogP contribution in [-0.4, -0.2) is 17.1 Å². The summed E-state index contributed by atoms with van der Waals surface area (Å²) in [5, 5.41) is 2.67. The highest BCUT2D eigenvalue weighted by atomic mass is 32.2. The topological polar surface area (TPSA) is 49.4 Å². The lowest BCUT2D eigenvalue weighted by atomic mass is 10.0. The maximum atomic E-state index is 13.0. The van der Waals surface area contributed by atoms with Gasteiger partial charge in [0.05, 0.1) is 5.25 Å². The second-order valence-electron chi connectivity index (χ2n) is 6.35. The van der Waals surface area contributed by atoms with Crippen molar-refractivity contribution in [3.8, 4) is 0 Å². The highest BCUT2D eigenvalue weighted by molar-refractivity contribution is 8.03. The summed E-state index contributed by atoms with van der Waals surface area (Å²) in [7, 11) is 0. The summed E-state index contributed by atoms with van der Waals surface area (Å²) in [6.45, 7) is 5.92. The number of carbonyl (C=O) groups excluding carboxylic acids is 2. The summed E-state index contributed by atoms with van der Waals surface area (Å²) in [6, 6.07) is 13.5. The molecule has 2 aromatic rings. The summed E-state index contributed by atoms with van der Waals surface area (Å²) in [6.07, 6.45) is 0. The third-order valence-electron chi connectivity index (χ3n) is 4.83. The first kappa shape index (κ1) is 15.3. The Balaban J connectivity index is 1.95. The van der Waals surface area contributed by atoms with Crippen LogP contribution in [0.2, 0.25) is 0 Å². The van der Waals surface area contributed by atoms with E-state index in [9.17, 15) is 9.59 Å². The number of aryl methyl sites for hydroxylation is 2. The molecule has 1 spiro atoms. The molecule has 0 bridgehead atoms. The van der Waals surface area contributed by atoms with Crippen molar-refractivity contribution in [3.63, 3.8) is 0 Å². The van der Waals surface area contributed by atoms with Crippen LogP contribution < -0.4 is 10.2 Å². The van der Waals surface area contributed by atoms with E-state index in [1.807, 2.05) is 63.2 Å². The second kappa shape index (κ2) is 5.11. The normalized spacial score (nSPS) is 25.3. The van der Waals surface area contributed by atoms with Crippen LogP contribution in [-0.2, 0) is 14.5 Å². The molecule has 2 aliphatic heterocycles. The van der Waals surface area contributed by atoms with Crippen LogP contribution in [0.3, 0.4) is 0 Å². The minimum absolute atomic E-state index is 0.0323. The number of nitrogens with one attached hydrogen (secondary N) is 1. The van der Waals surface area contributed by atoms with Crippen LogP contribution in [0.4, 0.5) is 11.4 Å². The van der Waals surface area contributed by atoms with Crippen LogP contribution in [0.15, 0.2) is 42.5 Å². The predicted octanol–water partition coefficient (Wildman–Crippen LogP) is 3.58. The third kappa shape index (κ3) is 1.88. The predicted molar refractivity (Wildman–Crippen MR) is 97.2 cm³/mol. The van der Waals surface area contributed by atoms with Crippen LogP contribution in [0.25, 0.3) is 0 Å². The van der Waals surface area contributed by atoms with Crippen molar-refractivity contribution >= 4 is 35.0 Å². The lowest BCUT2D eigenvalue weighted by Crippen LogP contribution is -2.47. The standard InChI is InChI=1S/C19H18N2O2S/c1-11-8-9-14(10-12(11)2)21-17(22)13(3)24-19(21)15-6-4-5-7-16(15)20-18(19)23/h4-10,13H,1-3H3,(H,20,23)/t13-,19+/m1/s1. The van der Waals surface area contributed by atoms with Gasteiger partial charge in [-0.15, -0.1) is 11.8 Å². The molecule has 1 fully saturated rings. The Labute approximate surface area is 145 Å². The van der Waals surface area contributed by atoms with Gasteiger partial charge in [0.1, 0.15) is 0 Å². The Morgan fingerprint density at radius 2 is 1.83 bits per heavy atom. The summed E-state index contributed by atoms with van der Waals surface area (Å²) >= 11 is 1.41. The van der Waals surface area contributed by atoms with Crippen LogP contribution in [0, 0.1) is 13.8 Å². The zero-order valence-corrected chi connectivity index (χ0v) is 14.6. The van der Waals surface area contributed by atoms with Gasteiger partial charge >= 0.3 is 0 Å². The van der Waals surface area contributed by atoms with Gasteiger partial charge in [0.25, 0.3) is 5.91 Å². The first-order chi connectivity index (χ1) is 11.4. The Bertz CT molecular complexity index is 879. The van der Waals surface area contributed by atoms with E-state index in [2.05, 4.69) is 5.32 Å². The van der Waals surface area contributed by atoms with Crippen LogP contribution in [0.1, 0.15) is 23.6 Å². The molecule has 122 valence electrons. The zero-order valence-electron chi connectivity index (χ0n) is 13.8. The van der Waals surface area contributed by atoms with Gasteiger partial charge in [0.2, 0.25) is 10.8 Å². The largest absolute Gasteiger partial charge is 0.323 e. The number of fused-ring (bicyclic) bond motifs is 2. The number of carbonyl (C=O) groups is 2. The number of nitrogens with zero attached hydrogens (tertiary/aromatic N) is 1. The maximum absolute atomic E-state index is 13.0. The van der Waals surface area contributed by atoms with Crippen LogP contribution >= 0.6 is 11.8 Å². The Kier molecular flexibility index (Phi) is 3.25. The second-order valence-corrected chi connectivity index (χ2v) is 7.88. The number of anilines is 2. The van der Waals surface area contributed by atoms with E-state index in [1.54, 1.807) is 4.90 Å². The molecule has 0 radical (unpaired) electrons. The molecule has 0 aromatic heterocycles. The Morgan fingerprint density at radius 1 is 1.08 bits per heavy atom. The fourth-order valence-corrected chi connectivity index (χ4v) is 4.91. The van der Waals surface area contributed by atoms with Crippen LogP contribution in [0.5, 0.6) is 0 Å². The fourth-order valence-electron chi connectivity index (χ4n) is 3.43. The van der Waals surface area contributed by atoms with E-state index in [4.69, 9.17) is 0 Å². The molecular weight excluding hydrogens is 320 g/mol. The molecule has 24 heavy (non-hydrogen) atoms. The zero-order chi connectivity index (χ0) is 17.1. The lowest BCUT2D eigenvalue weighted by Gasteiger charge is -2.32. The molecule has 2 amide bonds. The quantitative estimate of drug-likeness (QED) is 0.865. The van der Waals surface area contributed by atoms with E-state index < -0.39 is 4.87 Å². The molecule has 0 unspecified atom stereocenters. The summed E-state index contributed by atoms with van der Waals surface area (Å²) < 4.78 is 0. The minimum Gasteiger partial charge on any atom is -0.323 e. The smallest absolute Gasteiger partial charge is 0.266 e. The van der Waals surface area contributed by atoms with Gasteiger partial charge in [-0.3, -0.25) is 14.5 Å². The van der Waals surface area contributed by atoms with E-state index in [0.717, 1.165) is 28.1 Å². The number of para-hydroxylation sites is 1. The average Bonchev–Trinajstić information content (AvgIpc) is 2.98. The van der Waals surface area contributed by atoms with E-state index in [0.29, 0.717) is 0 Å². The molecule has 2 aromatic carbocycles. The van der Waals surface area contributed by atoms with Crippen molar-refractivity contribution in [2.45, 2.75) is 30.9 Å².